The number of hydrogen-bond acceptors (Lipinski definition) is 6. The summed E-state index contributed by atoms with van der Waals surface area (Å²) in [7, 11) is 0. The van der Waals surface area contributed by atoms with Crippen LogP contribution < -0.4 is 22.1 Å². The monoisotopic (exact) mass is 426 g/mol. The van der Waals surface area contributed by atoms with E-state index in [0.29, 0.717) is 11.3 Å². The third kappa shape index (κ3) is 7.42. The van der Waals surface area contributed by atoms with Gasteiger partial charge in [-0.05, 0) is 43.7 Å². The molecule has 2 amide bonds. The Morgan fingerprint density at radius 1 is 1.16 bits per heavy atom. The summed E-state index contributed by atoms with van der Waals surface area (Å²) in [5.41, 5.74) is 12.1. The van der Waals surface area contributed by atoms with Crippen molar-refractivity contribution < 1.29 is 19.1 Å². The van der Waals surface area contributed by atoms with Crippen LogP contribution in [0.4, 0.5) is 5.69 Å². The molecule has 31 heavy (non-hydrogen) atoms. The molecule has 0 saturated carbocycles. The lowest BCUT2D eigenvalue weighted by Crippen LogP contribution is -2.46. The van der Waals surface area contributed by atoms with Crippen molar-refractivity contribution in [2.75, 3.05) is 6.61 Å². The van der Waals surface area contributed by atoms with Crippen LogP contribution in [0.2, 0.25) is 0 Å². The first-order chi connectivity index (χ1) is 14.8. The fraction of sp³-hybridized carbons (Fsp3) is 0.286. The molecule has 0 radical (unpaired) electrons. The van der Waals surface area contributed by atoms with E-state index in [0.717, 1.165) is 0 Å². The third-order valence-corrected chi connectivity index (χ3v) is 4.19. The second-order valence-corrected chi connectivity index (χ2v) is 6.64. The van der Waals surface area contributed by atoms with Crippen LogP contribution in [0.5, 0.6) is 0 Å². The van der Waals surface area contributed by atoms with E-state index in [-0.39, 0.29) is 24.6 Å². The topological polar surface area (TPSA) is 162 Å². The summed E-state index contributed by atoms with van der Waals surface area (Å²) in [6, 6.07) is 8.26. The zero-order valence-corrected chi connectivity index (χ0v) is 17.4. The van der Waals surface area contributed by atoms with Crippen LogP contribution in [0.15, 0.2) is 53.8 Å². The molecule has 10 nitrogen and oxygen atoms in total. The Hall–Kier alpha value is -3.95. The van der Waals surface area contributed by atoms with Crippen molar-refractivity contribution in [1.82, 2.24) is 15.6 Å². The van der Waals surface area contributed by atoms with E-state index >= 15 is 0 Å². The molecule has 6 N–H and O–H groups in total. The molecule has 164 valence electrons. The quantitative estimate of drug-likeness (QED) is 0.263. The van der Waals surface area contributed by atoms with Gasteiger partial charge in [-0.1, -0.05) is 12.1 Å². The lowest BCUT2D eigenvalue weighted by atomic mass is 10.1. The van der Waals surface area contributed by atoms with Crippen LogP contribution in [0.25, 0.3) is 0 Å². The predicted molar refractivity (Wildman–Crippen MR) is 115 cm³/mol. The van der Waals surface area contributed by atoms with Crippen LogP contribution in [0.3, 0.4) is 0 Å². The van der Waals surface area contributed by atoms with Crippen LogP contribution in [-0.2, 0) is 14.3 Å². The smallest absolute Gasteiger partial charge is 0.308 e. The van der Waals surface area contributed by atoms with Crippen LogP contribution in [0, 0.1) is 0 Å². The summed E-state index contributed by atoms with van der Waals surface area (Å²) in [5, 5.41) is 5.39. The average molecular weight is 426 g/mol. The highest BCUT2D eigenvalue weighted by Gasteiger charge is 2.23. The number of amides is 2. The normalized spacial score (nSPS) is 12.2. The third-order valence-electron chi connectivity index (χ3n) is 4.19. The second kappa shape index (κ2) is 11.3. The molecule has 2 unspecified atom stereocenters. The van der Waals surface area contributed by atoms with Gasteiger partial charge in [-0.15, -0.1) is 0 Å². The van der Waals surface area contributed by atoms with Crippen molar-refractivity contribution in [2.24, 2.45) is 16.5 Å². The number of benzene rings is 1. The van der Waals surface area contributed by atoms with Crippen LogP contribution in [-0.4, -0.2) is 41.4 Å². The number of hydrogen-bond donors (Lipinski definition) is 4. The first-order valence-corrected chi connectivity index (χ1v) is 9.66. The maximum Gasteiger partial charge on any atom is 0.308 e. The Morgan fingerprint density at radius 3 is 2.58 bits per heavy atom. The van der Waals surface area contributed by atoms with E-state index in [1.165, 1.54) is 13.0 Å². The number of nitrogens with one attached hydrogen (secondary N) is 2. The van der Waals surface area contributed by atoms with Gasteiger partial charge in [-0.3, -0.25) is 19.4 Å². The molecule has 2 atom stereocenters. The molecule has 1 heterocycles. The molecule has 2 aromatic rings. The van der Waals surface area contributed by atoms with Crippen molar-refractivity contribution in [3.63, 3.8) is 0 Å². The summed E-state index contributed by atoms with van der Waals surface area (Å²) in [6.07, 6.45) is 3.08. The predicted octanol–water partition coefficient (Wildman–Crippen LogP) is 0.916. The van der Waals surface area contributed by atoms with E-state index in [1.807, 2.05) is 0 Å². The molecule has 2 rings (SSSR count). The second-order valence-electron chi connectivity index (χ2n) is 6.64. The number of aliphatic imine (C=N–C) groups is 1. The number of pyridine rings is 1. The minimum Gasteiger partial charge on any atom is -0.466 e. The fourth-order valence-corrected chi connectivity index (χ4v) is 2.73. The number of carbonyl (C=O) groups is 3. The van der Waals surface area contributed by atoms with Gasteiger partial charge in [0.2, 0.25) is 5.91 Å². The van der Waals surface area contributed by atoms with Crippen molar-refractivity contribution in [3.05, 3.63) is 59.9 Å². The zero-order valence-electron chi connectivity index (χ0n) is 17.4. The average Bonchev–Trinajstić information content (AvgIpc) is 2.73. The highest BCUT2D eigenvalue weighted by atomic mass is 16.5. The highest BCUT2D eigenvalue weighted by Crippen LogP contribution is 2.17. The SMILES string of the molecule is CCOC(=O)CC(NC(=O)C(C)NC(=O)c1cccc(N=C(N)N)c1)c1cccnc1. The van der Waals surface area contributed by atoms with Gasteiger partial charge in [-0.25, -0.2) is 4.99 Å². The number of ether oxygens (including phenoxy) is 1. The standard InChI is InChI=1S/C21H26N6O4/c1-3-31-18(28)11-17(15-7-5-9-24-12-15)27-19(29)13(2)25-20(30)14-6-4-8-16(10-14)26-21(22)23/h4-10,12-13,17H,3,11H2,1-2H3,(H,25,30)(H,27,29)(H4,22,23,26). The Morgan fingerprint density at radius 2 is 1.94 bits per heavy atom. The van der Waals surface area contributed by atoms with Crippen LogP contribution >= 0.6 is 0 Å². The maximum absolute atomic E-state index is 12.7. The zero-order chi connectivity index (χ0) is 22.8. The van der Waals surface area contributed by atoms with Gasteiger partial charge in [0.25, 0.3) is 5.91 Å². The number of esters is 1. The first-order valence-electron chi connectivity index (χ1n) is 9.66. The molecular formula is C21H26N6O4. The number of guanidine groups is 1. The number of carbonyl (C=O) groups excluding carboxylic acids is 3. The molecule has 0 saturated heterocycles. The molecule has 1 aromatic carbocycles. The van der Waals surface area contributed by atoms with Gasteiger partial charge in [-0.2, -0.15) is 0 Å². The summed E-state index contributed by atoms with van der Waals surface area (Å²) >= 11 is 0. The summed E-state index contributed by atoms with van der Waals surface area (Å²) < 4.78 is 4.99. The summed E-state index contributed by atoms with van der Waals surface area (Å²) in [6.45, 7) is 3.48. The van der Waals surface area contributed by atoms with E-state index in [1.54, 1.807) is 49.6 Å². The molecule has 10 heteroatoms. The number of aromatic nitrogens is 1. The minimum atomic E-state index is -0.874. The molecule has 0 fully saturated rings. The Bertz CT molecular complexity index is 944. The molecular weight excluding hydrogens is 400 g/mol. The largest absolute Gasteiger partial charge is 0.466 e. The summed E-state index contributed by atoms with van der Waals surface area (Å²) in [5.74, 6) is -1.52. The minimum absolute atomic E-state index is 0.0630. The van der Waals surface area contributed by atoms with E-state index < -0.39 is 29.9 Å². The molecule has 0 aliphatic rings. The van der Waals surface area contributed by atoms with Gasteiger partial charge in [0.15, 0.2) is 5.96 Å². The first kappa shape index (κ1) is 23.3. The lowest BCUT2D eigenvalue weighted by molar-refractivity contribution is -0.143. The highest BCUT2D eigenvalue weighted by molar-refractivity contribution is 5.98. The van der Waals surface area contributed by atoms with Crippen molar-refractivity contribution in [3.8, 4) is 0 Å². The van der Waals surface area contributed by atoms with Gasteiger partial charge in [0.1, 0.15) is 6.04 Å². The fourth-order valence-electron chi connectivity index (χ4n) is 2.73. The van der Waals surface area contributed by atoms with Gasteiger partial charge < -0.3 is 26.8 Å². The Kier molecular flexibility index (Phi) is 8.50. The maximum atomic E-state index is 12.7. The number of nitrogens with zero attached hydrogens (tertiary/aromatic N) is 2. The van der Waals surface area contributed by atoms with Crippen molar-refractivity contribution in [1.29, 1.82) is 0 Å². The van der Waals surface area contributed by atoms with E-state index in [4.69, 9.17) is 16.2 Å². The number of nitrogens with two attached hydrogens (primary N) is 2. The van der Waals surface area contributed by atoms with Gasteiger partial charge in [0, 0.05) is 18.0 Å². The molecule has 0 bridgehead atoms. The lowest BCUT2D eigenvalue weighted by Gasteiger charge is -2.21. The molecule has 0 aliphatic heterocycles. The molecule has 1 aromatic heterocycles. The van der Waals surface area contributed by atoms with E-state index in [2.05, 4.69) is 20.6 Å². The van der Waals surface area contributed by atoms with Gasteiger partial charge in [0.05, 0.1) is 24.8 Å². The Labute approximate surface area is 180 Å². The molecule has 0 spiro atoms. The number of rotatable bonds is 9. The van der Waals surface area contributed by atoms with E-state index in [9.17, 15) is 14.4 Å². The Balaban J connectivity index is 2.07. The van der Waals surface area contributed by atoms with Crippen molar-refractivity contribution >= 4 is 29.4 Å². The van der Waals surface area contributed by atoms with Crippen LogP contribution in [0.1, 0.15) is 42.2 Å². The summed E-state index contributed by atoms with van der Waals surface area (Å²) in [4.78, 5) is 45.1. The molecule has 0 aliphatic carbocycles. The van der Waals surface area contributed by atoms with Crippen molar-refractivity contribution in [2.45, 2.75) is 32.4 Å². The van der Waals surface area contributed by atoms with Gasteiger partial charge >= 0.3 is 5.97 Å².